The van der Waals surface area contributed by atoms with Crippen LogP contribution < -0.4 is 11.1 Å². The van der Waals surface area contributed by atoms with Crippen LogP contribution in [0.5, 0.6) is 0 Å². The minimum Gasteiger partial charge on any atom is -0.349 e. The monoisotopic (exact) mass is 238 g/mol. The van der Waals surface area contributed by atoms with Crippen LogP contribution in [-0.2, 0) is 11.2 Å². The van der Waals surface area contributed by atoms with Gasteiger partial charge in [0.1, 0.15) is 0 Å². The van der Waals surface area contributed by atoms with E-state index in [9.17, 15) is 4.79 Å². The standard InChI is InChI=1S/C12H15ClN2O/c13-9-2-3-10-8(7-9)1-4-11(10)15-12(16)5-6-14/h2-3,7,11H,1,4-6,14H2,(H,15,16). The van der Waals surface area contributed by atoms with E-state index in [0.29, 0.717) is 13.0 Å². The highest BCUT2D eigenvalue weighted by Crippen LogP contribution is 2.32. The van der Waals surface area contributed by atoms with Crippen LogP contribution in [-0.4, -0.2) is 12.5 Å². The van der Waals surface area contributed by atoms with E-state index in [0.717, 1.165) is 17.9 Å². The summed E-state index contributed by atoms with van der Waals surface area (Å²) < 4.78 is 0. The molecule has 1 atom stereocenters. The van der Waals surface area contributed by atoms with Crippen molar-refractivity contribution in [1.82, 2.24) is 5.32 Å². The molecule has 1 unspecified atom stereocenters. The summed E-state index contributed by atoms with van der Waals surface area (Å²) >= 11 is 5.92. The van der Waals surface area contributed by atoms with Crippen LogP contribution in [0.4, 0.5) is 0 Å². The van der Waals surface area contributed by atoms with Gasteiger partial charge in [-0.25, -0.2) is 0 Å². The number of amides is 1. The normalized spacial score (nSPS) is 18.2. The largest absolute Gasteiger partial charge is 0.349 e. The van der Waals surface area contributed by atoms with Gasteiger partial charge in [-0.2, -0.15) is 0 Å². The molecule has 4 heteroatoms. The van der Waals surface area contributed by atoms with E-state index in [1.165, 1.54) is 11.1 Å². The summed E-state index contributed by atoms with van der Waals surface area (Å²) in [4.78, 5) is 11.5. The Bertz CT molecular complexity index is 406. The molecule has 0 heterocycles. The van der Waals surface area contributed by atoms with E-state index < -0.39 is 0 Å². The lowest BCUT2D eigenvalue weighted by molar-refractivity contribution is -0.121. The van der Waals surface area contributed by atoms with Crippen LogP contribution in [0.3, 0.4) is 0 Å². The van der Waals surface area contributed by atoms with Crippen molar-refractivity contribution in [3.05, 3.63) is 34.3 Å². The van der Waals surface area contributed by atoms with Crippen molar-refractivity contribution in [3.8, 4) is 0 Å². The highest BCUT2D eigenvalue weighted by atomic mass is 35.5. The molecule has 0 saturated heterocycles. The maximum Gasteiger partial charge on any atom is 0.221 e. The van der Waals surface area contributed by atoms with Gasteiger partial charge in [-0.3, -0.25) is 4.79 Å². The first-order valence-electron chi connectivity index (χ1n) is 5.48. The van der Waals surface area contributed by atoms with Crippen molar-refractivity contribution in [2.75, 3.05) is 6.54 Å². The Kier molecular flexibility index (Phi) is 3.46. The molecule has 1 aliphatic carbocycles. The van der Waals surface area contributed by atoms with Crippen molar-refractivity contribution < 1.29 is 4.79 Å². The van der Waals surface area contributed by atoms with Crippen molar-refractivity contribution >= 4 is 17.5 Å². The molecule has 86 valence electrons. The van der Waals surface area contributed by atoms with Gasteiger partial charge in [-0.15, -0.1) is 0 Å². The van der Waals surface area contributed by atoms with E-state index in [1.54, 1.807) is 0 Å². The van der Waals surface area contributed by atoms with Crippen LogP contribution >= 0.6 is 11.6 Å². The number of aryl methyl sites for hydroxylation is 1. The van der Waals surface area contributed by atoms with Gasteiger partial charge in [-0.05, 0) is 36.1 Å². The van der Waals surface area contributed by atoms with Crippen molar-refractivity contribution in [1.29, 1.82) is 0 Å². The maximum absolute atomic E-state index is 11.5. The quantitative estimate of drug-likeness (QED) is 0.844. The first kappa shape index (κ1) is 11.4. The Morgan fingerprint density at radius 1 is 1.56 bits per heavy atom. The SMILES string of the molecule is NCCC(=O)NC1CCc2cc(Cl)ccc21. The second kappa shape index (κ2) is 4.85. The van der Waals surface area contributed by atoms with Crippen LogP contribution in [0.1, 0.15) is 30.0 Å². The molecule has 0 saturated carbocycles. The molecule has 2 rings (SSSR count). The summed E-state index contributed by atoms with van der Waals surface area (Å²) in [7, 11) is 0. The van der Waals surface area contributed by atoms with E-state index in [4.69, 9.17) is 17.3 Å². The highest BCUT2D eigenvalue weighted by molar-refractivity contribution is 6.30. The van der Waals surface area contributed by atoms with Crippen LogP contribution in [0, 0.1) is 0 Å². The summed E-state index contributed by atoms with van der Waals surface area (Å²) in [6.45, 7) is 0.395. The summed E-state index contributed by atoms with van der Waals surface area (Å²) in [5.74, 6) is 0.0234. The third kappa shape index (κ3) is 2.36. The summed E-state index contributed by atoms with van der Waals surface area (Å²) in [6, 6.07) is 5.98. The number of carbonyl (C=O) groups excluding carboxylic acids is 1. The highest BCUT2D eigenvalue weighted by Gasteiger charge is 2.23. The molecule has 0 aromatic heterocycles. The molecular formula is C12H15ClN2O. The molecule has 1 amide bonds. The third-order valence-electron chi connectivity index (χ3n) is 2.89. The Hall–Kier alpha value is -1.06. The number of halogens is 1. The van der Waals surface area contributed by atoms with Gasteiger partial charge in [0.2, 0.25) is 5.91 Å². The fourth-order valence-electron chi connectivity index (χ4n) is 2.13. The van der Waals surface area contributed by atoms with Gasteiger partial charge >= 0.3 is 0 Å². The van der Waals surface area contributed by atoms with Crippen LogP contribution in [0.2, 0.25) is 5.02 Å². The molecule has 3 nitrogen and oxygen atoms in total. The average Bonchev–Trinajstić information content (AvgIpc) is 2.61. The van der Waals surface area contributed by atoms with Gasteiger partial charge in [0.15, 0.2) is 0 Å². The predicted octanol–water partition coefficient (Wildman–Crippen LogP) is 1.79. The van der Waals surface area contributed by atoms with Gasteiger partial charge in [-0.1, -0.05) is 17.7 Å². The maximum atomic E-state index is 11.5. The summed E-state index contributed by atoms with van der Waals surface area (Å²) in [5, 5.41) is 3.75. The Labute approximate surface area is 100.0 Å². The Balaban J connectivity index is 2.09. The number of fused-ring (bicyclic) bond motifs is 1. The minimum absolute atomic E-state index is 0.0234. The molecular weight excluding hydrogens is 224 g/mol. The number of benzene rings is 1. The second-order valence-electron chi connectivity index (χ2n) is 4.04. The molecule has 0 aliphatic heterocycles. The van der Waals surface area contributed by atoms with Gasteiger partial charge in [0, 0.05) is 18.0 Å². The topological polar surface area (TPSA) is 55.1 Å². The molecule has 0 spiro atoms. The second-order valence-corrected chi connectivity index (χ2v) is 4.48. The molecule has 0 radical (unpaired) electrons. The molecule has 1 aromatic carbocycles. The number of hydrogen-bond donors (Lipinski definition) is 2. The fourth-order valence-corrected chi connectivity index (χ4v) is 2.33. The van der Waals surface area contributed by atoms with E-state index in [1.807, 2.05) is 18.2 Å². The fraction of sp³-hybridized carbons (Fsp3) is 0.417. The smallest absolute Gasteiger partial charge is 0.221 e. The lowest BCUT2D eigenvalue weighted by Crippen LogP contribution is -2.28. The van der Waals surface area contributed by atoms with Crippen molar-refractivity contribution in [2.45, 2.75) is 25.3 Å². The molecule has 1 aromatic rings. The molecule has 0 bridgehead atoms. The summed E-state index contributed by atoms with van der Waals surface area (Å²) in [6.07, 6.45) is 2.31. The summed E-state index contributed by atoms with van der Waals surface area (Å²) in [5.41, 5.74) is 7.77. The zero-order chi connectivity index (χ0) is 11.5. The van der Waals surface area contributed by atoms with Crippen LogP contribution in [0.25, 0.3) is 0 Å². The molecule has 3 N–H and O–H groups in total. The molecule has 16 heavy (non-hydrogen) atoms. The number of nitrogens with one attached hydrogen (secondary N) is 1. The lowest BCUT2D eigenvalue weighted by atomic mass is 10.1. The minimum atomic E-state index is 0.0234. The van der Waals surface area contributed by atoms with E-state index in [-0.39, 0.29) is 11.9 Å². The Morgan fingerprint density at radius 2 is 2.38 bits per heavy atom. The first-order chi connectivity index (χ1) is 7.70. The van der Waals surface area contributed by atoms with Crippen molar-refractivity contribution in [3.63, 3.8) is 0 Å². The predicted molar refractivity (Wildman–Crippen MR) is 64.3 cm³/mol. The number of carbonyl (C=O) groups is 1. The van der Waals surface area contributed by atoms with Gasteiger partial charge in [0.05, 0.1) is 6.04 Å². The number of hydrogen-bond acceptors (Lipinski definition) is 2. The third-order valence-corrected chi connectivity index (χ3v) is 3.12. The molecule has 0 fully saturated rings. The first-order valence-corrected chi connectivity index (χ1v) is 5.86. The van der Waals surface area contributed by atoms with E-state index >= 15 is 0 Å². The number of nitrogens with two attached hydrogens (primary N) is 1. The lowest BCUT2D eigenvalue weighted by Gasteiger charge is -2.13. The number of rotatable bonds is 3. The Morgan fingerprint density at radius 3 is 3.12 bits per heavy atom. The zero-order valence-corrected chi connectivity index (χ0v) is 9.76. The van der Waals surface area contributed by atoms with Gasteiger partial charge < -0.3 is 11.1 Å². The molecule has 1 aliphatic rings. The zero-order valence-electron chi connectivity index (χ0n) is 9.00. The van der Waals surface area contributed by atoms with Gasteiger partial charge in [0.25, 0.3) is 0 Å². The van der Waals surface area contributed by atoms with Crippen LogP contribution in [0.15, 0.2) is 18.2 Å². The average molecular weight is 239 g/mol. The van der Waals surface area contributed by atoms with Crippen molar-refractivity contribution in [2.24, 2.45) is 5.73 Å². The van der Waals surface area contributed by atoms with E-state index in [2.05, 4.69) is 5.32 Å².